The monoisotopic (exact) mass is 492 g/mol. The third-order valence-electron chi connectivity index (χ3n) is 3.87. The lowest BCUT2D eigenvalue weighted by atomic mass is 10.1. The molecule has 8 heteroatoms. The van der Waals surface area contributed by atoms with Crippen molar-refractivity contribution in [1.29, 1.82) is 0 Å². The molecular weight excluding hydrogens is 468 g/mol. The minimum absolute atomic E-state index is 0. The fourth-order valence-electron chi connectivity index (χ4n) is 2.41. The first kappa shape index (κ1) is 23.2. The number of halogens is 4. The molecule has 27 heavy (non-hydrogen) atoms. The molecule has 2 aromatic rings. The molecule has 0 aliphatic heterocycles. The first-order valence-corrected chi connectivity index (χ1v) is 8.48. The van der Waals surface area contributed by atoms with Gasteiger partial charge in [0.1, 0.15) is 0 Å². The number of alkyl halides is 3. The number of nitrogens with one attached hydrogen (secondary N) is 2. The summed E-state index contributed by atoms with van der Waals surface area (Å²) in [5.41, 5.74) is 2.43. The summed E-state index contributed by atoms with van der Waals surface area (Å²) in [6, 6.07) is 7.06. The van der Waals surface area contributed by atoms with Crippen molar-refractivity contribution in [2.45, 2.75) is 33.0 Å². The van der Waals surface area contributed by atoms with Crippen LogP contribution in [-0.4, -0.2) is 24.0 Å². The van der Waals surface area contributed by atoms with E-state index in [9.17, 15) is 13.2 Å². The van der Waals surface area contributed by atoms with Crippen LogP contribution in [0.25, 0.3) is 0 Å². The Kier molecular flexibility index (Phi) is 9.54. The number of benzene rings is 1. The van der Waals surface area contributed by atoms with Gasteiger partial charge in [0.25, 0.3) is 0 Å². The van der Waals surface area contributed by atoms with E-state index in [-0.39, 0.29) is 24.0 Å². The molecule has 2 N–H and O–H groups in total. The van der Waals surface area contributed by atoms with Crippen LogP contribution in [-0.2, 0) is 19.1 Å². The van der Waals surface area contributed by atoms with E-state index in [1.54, 1.807) is 6.20 Å². The maximum atomic E-state index is 12.6. The predicted octanol–water partition coefficient (Wildman–Crippen LogP) is 4.32. The molecule has 0 spiro atoms. The smallest absolute Gasteiger partial charge is 0.357 e. The standard InChI is InChI=1S/C19H23F3N4.HI/c1-3-24-18(25-11-9-16-8-10-23-12-14(16)2)26-13-15-4-6-17(7-5-15)19(20,21)22;/h4-8,10,12H,3,9,11,13H2,1-2H3,(H2,24,25,26);1H. The third kappa shape index (κ3) is 7.74. The zero-order chi connectivity index (χ0) is 19.0. The molecule has 0 atom stereocenters. The molecule has 1 aromatic carbocycles. The first-order valence-electron chi connectivity index (χ1n) is 8.48. The molecule has 0 aliphatic rings. The van der Waals surface area contributed by atoms with E-state index < -0.39 is 11.7 Å². The summed E-state index contributed by atoms with van der Waals surface area (Å²) in [7, 11) is 0. The molecule has 2 rings (SSSR count). The van der Waals surface area contributed by atoms with Crippen LogP contribution in [0.4, 0.5) is 13.2 Å². The van der Waals surface area contributed by atoms with Gasteiger partial charge in [0.05, 0.1) is 12.1 Å². The maximum absolute atomic E-state index is 12.6. The predicted molar refractivity (Wildman–Crippen MR) is 112 cm³/mol. The minimum Gasteiger partial charge on any atom is -0.357 e. The van der Waals surface area contributed by atoms with E-state index in [2.05, 4.69) is 20.6 Å². The quantitative estimate of drug-likeness (QED) is 0.359. The molecular formula is C19H24F3IN4. The van der Waals surface area contributed by atoms with Crippen LogP contribution in [0.3, 0.4) is 0 Å². The Hall–Kier alpha value is -1.84. The highest BCUT2D eigenvalue weighted by Crippen LogP contribution is 2.29. The average molecular weight is 492 g/mol. The summed E-state index contributed by atoms with van der Waals surface area (Å²) in [5, 5.41) is 6.38. The van der Waals surface area contributed by atoms with Crippen molar-refractivity contribution in [2.24, 2.45) is 4.99 Å². The highest BCUT2D eigenvalue weighted by Gasteiger charge is 2.29. The Morgan fingerprint density at radius 3 is 2.41 bits per heavy atom. The molecule has 0 amide bonds. The lowest BCUT2D eigenvalue weighted by Gasteiger charge is -2.12. The van der Waals surface area contributed by atoms with E-state index in [4.69, 9.17) is 0 Å². The van der Waals surface area contributed by atoms with Gasteiger partial charge in [0.2, 0.25) is 0 Å². The lowest BCUT2D eigenvalue weighted by Crippen LogP contribution is -2.38. The molecule has 1 heterocycles. The summed E-state index contributed by atoms with van der Waals surface area (Å²) in [6.45, 7) is 5.69. The van der Waals surface area contributed by atoms with E-state index in [1.165, 1.54) is 17.7 Å². The number of hydrogen-bond donors (Lipinski definition) is 2. The second-order valence-corrected chi connectivity index (χ2v) is 5.87. The molecule has 0 fully saturated rings. The largest absolute Gasteiger partial charge is 0.416 e. The third-order valence-corrected chi connectivity index (χ3v) is 3.87. The molecule has 0 bridgehead atoms. The molecule has 148 valence electrons. The Morgan fingerprint density at radius 2 is 1.81 bits per heavy atom. The average Bonchev–Trinajstić information content (AvgIpc) is 2.61. The van der Waals surface area contributed by atoms with E-state index >= 15 is 0 Å². The van der Waals surface area contributed by atoms with Crippen molar-refractivity contribution in [3.63, 3.8) is 0 Å². The summed E-state index contributed by atoms with van der Waals surface area (Å²) in [6.07, 6.45) is 0.119. The molecule has 1 aromatic heterocycles. The van der Waals surface area contributed by atoms with Crippen LogP contribution in [0.2, 0.25) is 0 Å². The van der Waals surface area contributed by atoms with E-state index in [0.29, 0.717) is 25.6 Å². The Bertz CT molecular complexity index is 730. The molecule has 0 aliphatic carbocycles. The molecule has 4 nitrogen and oxygen atoms in total. The van der Waals surface area contributed by atoms with Crippen molar-refractivity contribution in [2.75, 3.05) is 13.1 Å². The highest BCUT2D eigenvalue weighted by molar-refractivity contribution is 14.0. The number of aryl methyl sites for hydroxylation is 1. The van der Waals surface area contributed by atoms with Crippen molar-refractivity contribution >= 4 is 29.9 Å². The summed E-state index contributed by atoms with van der Waals surface area (Å²) < 4.78 is 37.8. The zero-order valence-electron chi connectivity index (χ0n) is 15.3. The fraction of sp³-hybridized carbons (Fsp3) is 0.368. The van der Waals surface area contributed by atoms with E-state index in [1.807, 2.05) is 26.1 Å². The summed E-state index contributed by atoms with van der Waals surface area (Å²) in [4.78, 5) is 8.50. The van der Waals surface area contributed by atoms with Gasteiger partial charge >= 0.3 is 6.18 Å². The normalized spacial score (nSPS) is 11.7. The van der Waals surface area contributed by atoms with Crippen molar-refractivity contribution < 1.29 is 13.2 Å². The number of rotatable bonds is 6. The van der Waals surface area contributed by atoms with Gasteiger partial charge in [0.15, 0.2) is 5.96 Å². The number of nitrogens with zero attached hydrogens (tertiary/aromatic N) is 2. The van der Waals surface area contributed by atoms with Gasteiger partial charge < -0.3 is 10.6 Å². The van der Waals surface area contributed by atoms with Gasteiger partial charge in [-0.15, -0.1) is 24.0 Å². The topological polar surface area (TPSA) is 49.3 Å². The summed E-state index contributed by atoms with van der Waals surface area (Å²) >= 11 is 0. The molecule has 0 radical (unpaired) electrons. The van der Waals surface area contributed by atoms with Crippen LogP contribution < -0.4 is 10.6 Å². The van der Waals surface area contributed by atoms with Gasteiger partial charge in [0, 0.05) is 25.5 Å². The van der Waals surface area contributed by atoms with Crippen molar-refractivity contribution in [3.8, 4) is 0 Å². The first-order chi connectivity index (χ1) is 12.4. The number of pyridine rings is 1. The molecule has 0 unspecified atom stereocenters. The Labute approximate surface area is 174 Å². The van der Waals surface area contributed by atoms with Crippen LogP contribution in [0.5, 0.6) is 0 Å². The fourth-order valence-corrected chi connectivity index (χ4v) is 2.41. The van der Waals surface area contributed by atoms with Crippen LogP contribution >= 0.6 is 24.0 Å². The summed E-state index contributed by atoms with van der Waals surface area (Å²) in [5.74, 6) is 0.638. The van der Waals surface area contributed by atoms with Crippen molar-refractivity contribution in [1.82, 2.24) is 15.6 Å². The van der Waals surface area contributed by atoms with Crippen LogP contribution in [0, 0.1) is 6.92 Å². The highest BCUT2D eigenvalue weighted by atomic mass is 127. The number of guanidine groups is 1. The Morgan fingerprint density at radius 1 is 1.11 bits per heavy atom. The number of aliphatic imine (C=N–C) groups is 1. The van der Waals surface area contributed by atoms with Gasteiger partial charge in [-0.1, -0.05) is 12.1 Å². The Balaban J connectivity index is 0.00000364. The van der Waals surface area contributed by atoms with Crippen LogP contribution in [0.1, 0.15) is 29.2 Å². The van der Waals surface area contributed by atoms with Gasteiger partial charge in [-0.2, -0.15) is 13.2 Å². The number of hydrogen-bond acceptors (Lipinski definition) is 2. The second kappa shape index (κ2) is 11.1. The van der Waals surface area contributed by atoms with Gasteiger partial charge in [-0.25, -0.2) is 4.99 Å². The van der Waals surface area contributed by atoms with Crippen LogP contribution in [0.15, 0.2) is 47.7 Å². The molecule has 0 saturated heterocycles. The van der Waals surface area contributed by atoms with Crippen molar-refractivity contribution in [3.05, 3.63) is 65.0 Å². The molecule has 0 saturated carbocycles. The number of aromatic nitrogens is 1. The lowest BCUT2D eigenvalue weighted by molar-refractivity contribution is -0.137. The van der Waals surface area contributed by atoms with E-state index in [0.717, 1.165) is 29.7 Å². The minimum atomic E-state index is -4.32. The maximum Gasteiger partial charge on any atom is 0.416 e. The zero-order valence-corrected chi connectivity index (χ0v) is 17.6. The second-order valence-electron chi connectivity index (χ2n) is 5.87. The van der Waals surface area contributed by atoms with Gasteiger partial charge in [-0.05, 0) is 55.2 Å². The SMILES string of the molecule is CCNC(=NCc1ccc(C(F)(F)F)cc1)NCCc1ccncc1C.I. The van der Waals surface area contributed by atoms with Gasteiger partial charge in [-0.3, -0.25) is 4.98 Å².